The van der Waals surface area contributed by atoms with Gasteiger partial charge in [0.05, 0.1) is 27.3 Å². The molecular formula is C57H38N2S. The first-order valence-corrected chi connectivity index (χ1v) is 21.5. The number of benzene rings is 9. The minimum atomic E-state index is 0.314. The topological polar surface area (TPSA) is 16.1 Å². The van der Waals surface area contributed by atoms with Crippen LogP contribution in [-0.2, 0) is 6.42 Å². The van der Waals surface area contributed by atoms with Crippen LogP contribution in [-0.4, -0.2) is 4.98 Å². The van der Waals surface area contributed by atoms with Crippen molar-refractivity contribution in [3.63, 3.8) is 0 Å². The van der Waals surface area contributed by atoms with Gasteiger partial charge in [-0.05, 0) is 98.4 Å². The van der Waals surface area contributed by atoms with Crippen molar-refractivity contribution in [2.24, 2.45) is 0 Å². The molecule has 0 atom stereocenters. The summed E-state index contributed by atoms with van der Waals surface area (Å²) in [5, 5.41) is 6.11. The zero-order chi connectivity index (χ0) is 39.6. The molecule has 0 amide bonds. The molecule has 0 N–H and O–H groups in total. The fourth-order valence-corrected chi connectivity index (χ4v) is 10.7. The van der Waals surface area contributed by atoms with Gasteiger partial charge in [0, 0.05) is 38.2 Å². The monoisotopic (exact) mass is 782 g/mol. The maximum atomic E-state index is 5.22. The number of pyridine rings is 1. The lowest BCUT2D eigenvalue weighted by atomic mass is 9.89. The van der Waals surface area contributed by atoms with Gasteiger partial charge >= 0.3 is 0 Å². The number of para-hydroxylation sites is 1. The summed E-state index contributed by atoms with van der Waals surface area (Å²) in [5.41, 5.74) is 15.9. The first-order chi connectivity index (χ1) is 29.7. The van der Waals surface area contributed by atoms with E-state index < -0.39 is 0 Å². The van der Waals surface area contributed by atoms with Crippen molar-refractivity contribution < 1.29 is 0 Å². The highest BCUT2D eigenvalue weighted by atomic mass is 32.1. The molecule has 2 nitrogen and oxygen atoms in total. The highest BCUT2D eigenvalue weighted by molar-refractivity contribution is 7.25. The van der Waals surface area contributed by atoms with Crippen LogP contribution in [0, 0.1) is 0 Å². The Labute approximate surface area is 353 Å². The lowest BCUT2D eigenvalue weighted by molar-refractivity contribution is 0.827. The summed E-state index contributed by atoms with van der Waals surface area (Å²) < 4.78 is 2.40. The molecule has 0 radical (unpaired) electrons. The first kappa shape index (κ1) is 34.7. The summed E-state index contributed by atoms with van der Waals surface area (Å²) in [6.45, 7) is 0. The van der Waals surface area contributed by atoms with E-state index in [1.807, 2.05) is 11.3 Å². The highest BCUT2D eigenvalue weighted by Crippen LogP contribution is 2.49. The molecule has 1 aliphatic carbocycles. The molecular weight excluding hydrogens is 745 g/mol. The van der Waals surface area contributed by atoms with Gasteiger partial charge in [-0.25, -0.2) is 4.98 Å². The quantitative estimate of drug-likeness (QED) is 0.150. The molecule has 282 valence electrons. The molecule has 9 aromatic carbocycles. The van der Waals surface area contributed by atoms with Crippen LogP contribution >= 0.6 is 11.3 Å². The van der Waals surface area contributed by atoms with E-state index >= 15 is 0 Å². The minimum Gasteiger partial charge on any atom is -0.309 e. The van der Waals surface area contributed by atoms with E-state index in [4.69, 9.17) is 4.98 Å². The van der Waals surface area contributed by atoms with Gasteiger partial charge < -0.3 is 4.90 Å². The molecule has 0 unspecified atom stereocenters. The van der Waals surface area contributed by atoms with Crippen LogP contribution in [0.5, 0.6) is 0 Å². The Morgan fingerprint density at radius 1 is 0.433 bits per heavy atom. The maximum absolute atomic E-state index is 5.22. The van der Waals surface area contributed by atoms with Crippen molar-refractivity contribution in [1.82, 2.24) is 4.98 Å². The third kappa shape index (κ3) is 5.73. The summed E-state index contributed by atoms with van der Waals surface area (Å²) in [4.78, 5) is 7.71. The molecule has 12 rings (SSSR count). The average molecular weight is 783 g/mol. The molecule has 0 saturated heterocycles. The zero-order valence-corrected chi connectivity index (χ0v) is 33.6. The Kier molecular flexibility index (Phi) is 8.21. The number of fused-ring (bicyclic) bond motifs is 9. The largest absolute Gasteiger partial charge is 0.309 e. The van der Waals surface area contributed by atoms with Crippen molar-refractivity contribution in [3.05, 3.63) is 229 Å². The molecule has 60 heavy (non-hydrogen) atoms. The van der Waals surface area contributed by atoms with Gasteiger partial charge in [0.25, 0.3) is 0 Å². The van der Waals surface area contributed by atoms with E-state index in [2.05, 4.69) is 217 Å². The summed E-state index contributed by atoms with van der Waals surface area (Å²) in [6.07, 6.45) is 0.936. The molecule has 0 fully saturated rings. The van der Waals surface area contributed by atoms with Crippen LogP contribution in [0.1, 0.15) is 22.6 Å². The molecule has 0 spiro atoms. The van der Waals surface area contributed by atoms with Gasteiger partial charge in [-0.2, -0.15) is 0 Å². The van der Waals surface area contributed by atoms with Crippen LogP contribution in [0.3, 0.4) is 0 Å². The number of hydrogen-bond donors (Lipinski definition) is 0. The molecule has 2 aromatic heterocycles. The minimum absolute atomic E-state index is 0.314. The van der Waals surface area contributed by atoms with Crippen LogP contribution in [0.2, 0.25) is 0 Å². The van der Waals surface area contributed by atoms with E-state index in [-0.39, 0.29) is 0 Å². The van der Waals surface area contributed by atoms with Gasteiger partial charge in [0.15, 0.2) is 0 Å². The number of aromatic nitrogens is 1. The number of nitrogens with zero attached hydrogens (tertiary/aromatic N) is 2. The second-order valence-corrected chi connectivity index (χ2v) is 16.9. The van der Waals surface area contributed by atoms with E-state index in [1.165, 1.54) is 75.3 Å². The Morgan fingerprint density at radius 3 is 1.92 bits per heavy atom. The van der Waals surface area contributed by atoms with Crippen LogP contribution in [0.25, 0.3) is 75.4 Å². The molecule has 1 aliphatic rings. The van der Waals surface area contributed by atoms with Crippen LogP contribution in [0.15, 0.2) is 212 Å². The van der Waals surface area contributed by atoms with Crippen molar-refractivity contribution in [3.8, 4) is 33.5 Å². The highest BCUT2D eigenvalue weighted by Gasteiger charge is 2.28. The predicted molar refractivity (Wildman–Crippen MR) is 255 cm³/mol. The standard InChI is InChI=1S/C57H38N2S/c1-2-16-38(17-3-1)52-31-32-55-57(58-52)50-30-29-41(36-56(50)60-55)59(54-35-40-18-4-5-20-42(40)44-22-10-11-27-49(44)54)53-28-13-12-21-43(53)39-19-14-15-37(33-39)34-51-47-25-8-6-23-45(47)46-24-7-9-26-48(46)51/h1-33,35-36,51H,34H2. The number of anilines is 3. The maximum Gasteiger partial charge on any atom is 0.0895 e. The lowest BCUT2D eigenvalue weighted by Crippen LogP contribution is -2.12. The molecule has 3 heteroatoms. The van der Waals surface area contributed by atoms with E-state index in [1.54, 1.807) is 0 Å². The first-order valence-electron chi connectivity index (χ1n) is 20.7. The predicted octanol–water partition coefficient (Wildman–Crippen LogP) is 15.9. The van der Waals surface area contributed by atoms with Crippen molar-refractivity contribution in [2.75, 3.05) is 4.90 Å². The zero-order valence-electron chi connectivity index (χ0n) is 32.8. The number of thiophene rings is 1. The molecule has 11 aromatic rings. The van der Waals surface area contributed by atoms with Gasteiger partial charge in [0.2, 0.25) is 0 Å². The van der Waals surface area contributed by atoms with E-state index in [0.29, 0.717) is 5.92 Å². The van der Waals surface area contributed by atoms with Crippen molar-refractivity contribution in [2.45, 2.75) is 12.3 Å². The third-order valence-corrected chi connectivity index (χ3v) is 13.5. The normalized spacial score (nSPS) is 12.3. The summed E-state index contributed by atoms with van der Waals surface area (Å²) in [7, 11) is 0. The fourth-order valence-electron chi connectivity index (χ4n) is 9.66. The van der Waals surface area contributed by atoms with E-state index in [0.717, 1.165) is 40.3 Å². The second kappa shape index (κ2) is 14.2. The Morgan fingerprint density at radius 2 is 1.10 bits per heavy atom. The smallest absolute Gasteiger partial charge is 0.0895 e. The summed E-state index contributed by atoms with van der Waals surface area (Å²) in [5.74, 6) is 0.314. The Hall–Kier alpha value is -7.33. The summed E-state index contributed by atoms with van der Waals surface area (Å²) >= 11 is 1.81. The van der Waals surface area contributed by atoms with Gasteiger partial charge in [-0.1, -0.05) is 170 Å². The Bertz CT molecular complexity index is 3390. The van der Waals surface area contributed by atoms with Gasteiger partial charge in [0.1, 0.15) is 0 Å². The number of hydrogen-bond acceptors (Lipinski definition) is 3. The molecule has 0 bridgehead atoms. The van der Waals surface area contributed by atoms with Crippen LogP contribution in [0.4, 0.5) is 17.1 Å². The number of rotatable bonds is 7. The summed E-state index contributed by atoms with van der Waals surface area (Å²) in [6, 6.07) is 77.9. The average Bonchev–Trinajstić information content (AvgIpc) is 3.84. The lowest BCUT2D eigenvalue weighted by Gasteiger charge is -2.29. The Balaban J connectivity index is 1.03. The second-order valence-electron chi connectivity index (χ2n) is 15.8. The molecule has 0 saturated carbocycles. The van der Waals surface area contributed by atoms with Gasteiger partial charge in [-0.3, -0.25) is 0 Å². The molecule has 2 heterocycles. The van der Waals surface area contributed by atoms with Crippen LogP contribution < -0.4 is 4.90 Å². The SMILES string of the molecule is c1ccc(-c2ccc3sc4cc(N(c5ccccc5-c5cccc(CC6c7ccccc7-c7ccccc76)c5)c5cc6ccccc6c6ccccc56)ccc4c3n2)cc1. The third-order valence-electron chi connectivity index (χ3n) is 12.4. The van der Waals surface area contributed by atoms with Crippen molar-refractivity contribution in [1.29, 1.82) is 0 Å². The van der Waals surface area contributed by atoms with Crippen molar-refractivity contribution >= 4 is 70.2 Å². The van der Waals surface area contributed by atoms with Gasteiger partial charge in [-0.15, -0.1) is 11.3 Å². The fraction of sp³-hybridized carbons (Fsp3) is 0.0351. The molecule has 0 aliphatic heterocycles. The van der Waals surface area contributed by atoms with E-state index in [9.17, 15) is 0 Å².